The van der Waals surface area contributed by atoms with Crippen LogP contribution < -0.4 is 10.0 Å². The van der Waals surface area contributed by atoms with Gasteiger partial charge in [-0.1, -0.05) is 39.3 Å². The van der Waals surface area contributed by atoms with Crippen LogP contribution in [0.25, 0.3) is 0 Å². The molecule has 0 aliphatic heterocycles. The molecule has 2 rings (SSSR count). The predicted octanol–water partition coefficient (Wildman–Crippen LogP) is 2.65. The zero-order chi connectivity index (χ0) is 15.5. The van der Waals surface area contributed by atoms with E-state index >= 15 is 0 Å². The van der Waals surface area contributed by atoms with Gasteiger partial charge in [0.25, 0.3) is 0 Å². The molecule has 1 saturated carbocycles. The number of benzene rings is 1. The van der Waals surface area contributed by atoms with Gasteiger partial charge >= 0.3 is 0 Å². The average molecular weight is 310 g/mol. The van der Waals surface area contributed by atoms with Crippen LogP contribution in [0.5, 0.6) is 0 Å². The lowest BCUT2D eigenvalue weighted by Gasteiger charge is -2.27. The van der Waals surface area contributed by atoms with Gasteiger partial charge in [-0.25, -0.2) is 13.1 Å². The Morgan fingerprint density at radius 2 is 1.90 bits per heavy atom. The highest BCUT2D eigenvalue weighted by Gasteiger charge is 2.37. The summed E-state index contributed by atoms with van der Waals surface area (Å²) in [6.07, 6.45) is 3.08. The molecule has 1 aromatic rings. The number of nitrogens with one attached hydrogen (secondary N) is 2. The molecule has 0 saturated heterocycles. The minimum Gasteiger partial charge on any atom is -0.313 e. The summed E-state index contributed by atoms with van der Waals surface area (Å²) in [5.41, 5.74) is 1.13. The van der Waals surface area contributed by atoms with E-state index in [1.54, 1.807) is 12.1 Å². The molecule has 1 unspecified atom stereocenters. The second-order valence-electron chi connectivity index (χ2n) is 6.48. The van der Waals surface area contributed by atoms with Gasteiger partial charge in [0.2, 0.25) is 10.0 Å². The molecule has 1 atom stereocenters. The first-order chi connectivity index (χ1) is 9.85. The van der Waals surface area contributed by atoms with Gasteiger partial charge in [0.05, 0.1) is 4.90 Å². The lowest BCUT2D eigenvalue weighted by molar-refractivity contribution is 0.313. The summed E-state index contributed by atoms with van der Waals surface area (Å²) in [5, 5.41) is 3.23. The molecule has 0 heterocycles. The third-order valence-corrected chi connectivity index (χ3v) is 5.86. The van der Waals surface area contributed by atoms with Crippen molar-refractivity contribution in [2.75, 3.05) is 6.54 Å². The molecular formula is C16H26N2O2S. The van der Waals surface area contributed by atoms with Crippen molar-refractivity contribution in [3.8, 4) is 0 Å². The van der Waals surface area contributed by atoms with E-state index in [1.165, 1.54) is 0 Å². The standard InChI is InChI=1S/C16H26N2O2S/c1-4-17-12-13-7-9-14(10-8-13)21(19,20)18-15-6-5-11-16(15,2)3/h7-10,15,17-18H,4-6,11-12H2,1-3H3. The molecule has 1 aliphatic rings. The Bertz CT molecular complexity index is 564. The van der Waals surface area contributed by atoms with Crippen LogP contribution in [0.2, 0.25) is 0 Å². The van der Waals surface area contributed by atoms with Gasteiger partial charge in [0, 0.05) is 12.6 Å². The van der Waals surface area contributed by atoms with E-state index < -0.39 is 10.0 Å². The predicted molar refractivity (Wildman–Crippen MR) is 85.6 cm³/mol. The molecule has 0 amide bonds. The molecule has 4 nitrogen and oxygen atoms in total. The van der Waals surface area contributed by atoms with E-state index in [4.69, 9.17) is 0 Å². The largest absolute Gasteiger partial charge is 0.313 e. The summed E-state index contributed by atoms with van der Waals surface area (Å²) >= 11 is 0. The minimum atomic E-state index is -3.42. The molecule has 21 heavy (non-hydrogen) atoms. The summed E-state index contributed by atoms with van der Waals surface area (Å²) in [6.45, 7) is 7.98. The maximum atomic E-state index is 12.5. The van der Waals surface area contributed by atoms with Crippen molar-refractivity contribution in [1.29, 1.82) is 0 Å². The highest BCUT2D eigenvalue weighted by Crippen LogP contribution is 2.37. The first-order valence-electron chi connectivity index (χ1n) is 7.67. The molecule has 0 aromatic heterocycles. The molecule has 1 fully saturated rings. The summed E-state index contributed by atoms with van der Waals surface area (Å²) in [6, 6.07) is 7.16. The number of hydrogen-bond acceptors (Lipinski definition) is 3. The Morgan fingerprint density at radius 1 is 1.24 bits per heavy atom. The molecule has 0 bridgehead atoms. The SMILES string of the molecule is CCNCc1ccc(S(=O)(=O)NC2CCCC2(C)C)cc1. The topological polar surface area (TPSA) is 58.2 Å². The minimum absolute atomic E-state index is 0.0314. The van der Waals surface area contributed by atoms with Crippen LogP contribution in [-0.2, 0) is 16.6 Å². The Hall–Kier alpha value is -0.910. The summed E-state index contributed by atoms with van der Waals surface area (Å²) in [5.74, 6) is 0. The number of hydrogen-bond donors (Lipinski definition) is 2. The second-order valence-corrected chi connectivity index (χ2v) is 8.19. The van der Waals surface area contributed by atoms with Gasteiger partial charge in [-0.2, -0.15) is 0 Å². The van der Waals surface area contributed by atoms with Crippen molar-refractivity contribution < 1.29 is 8.42 Å². The van der Waals surface area contributed by atoms with Crippen LogP contribution in [-0.4, -0.2) is 21.0 Å². The summed E-state index contributed by atoms with van der Waals surface area (Å²) in [4.78, 5) is 0.352. The fourth-order valence-electron chi connectivity index (χ4n) is 2.86. The summed E-state index contributed by atoms with van der Waals surface area (Å²) in [7, 11) is -3.42. The van der Waals surface area contributed by atoms with Crippen molar-refractivity contribution in [2.45, 2.75) is 57.5 Å². The van der Waals surface area contributed by atoms with Crippen molar-refractivity contribution in [3.63, 3.8) is 0 Å². The third-order valence-electron chi connectivity index (χ3n) is 4.37. The fourth-order valence-corrected chi connectivity index (χ4v) is 4.30. The Kier molecular flexibility index (Phi) is 5.07. The first kappa shape index (κ1) is 16.5. The van der Waals surface area contributed by atoms with Gasteiger partial charge in [0.15, 0.2) is 0 Å². The van der Waals surface area contributed by atoms with Crippen molar-refractivity contribution in [3.05, 3.63) is 29.8 Å². The average Bonchev–Trinajstić information content (AvgIpc) is 2.75. The number of sulfonamides is 1. The van der Waals surface area contributed by atoms with E-state index in [0.717, 1.165) is 37.9 Å². The normalized spacial score (nSPS) is 21.6. The van der Waals surface area contributed by atoms with E-state index in [0.29, 0.717) is 4.90 Å². The maximum Gasteiger partial charge on any atom is 0.240 e. The van der Waals surface area contributed by atoms with Crippen LogP contribution in [0, 0.1) is 5.41 Å². The van der Waals surface area contributed by atoms with Gasteiger partial charge in [-0.05, 0) is 42.5 Å². The molecule has 1 aromatic carbocycles. The Morgan fingerprint density at radius 3 is 2.43 bits per heavy atom. The smallest absolute Gasteiger partial charge is 0.240 e. The Balaban J connectivity index is 2.09. The van der Waals surface area contributed by atoms with Crippen LogP contribution >= 0.6 is 0 Å². The second kappa shape index (κ2) is 6.46. The summed E-state index contributed by atoms with van der Waals surface area (Å²) < 4.78 is 27.8. The zero-order valence-corrected chi connectivity index (χ0v) is 14.0. The van der Waals surface area contributed by atoms with Gasteiger partial charge < -0.3 is 5.32 Å². The monoisotopic (exact) mass is 310 g/mol. The van der Waals surface area contributed by atoms with Crippen molar-refractivity contribution in [1.82, 2.24) is 10.0 Å². The molecule has 0 spiro atoms. The van der Waals surface area contributed by atoms with Gasteiger partial charge in [0.1, 0.15) is 0 Å². The van der Waals surface area contributed by atoms with E-state index in [-0.39, 0.29) is 11.5 Å². The lowest BCUT2D eigenvalue weighted by Crippen LogP contribution is -2.41. The highest BCUT2D eigenvalue weighted by atomic mass is 32.2. The van der Waals surface area contributed by atoms with Gasteiger partial charge in [-0.15, -0.1) is 0 Å². The molecule has 0 radical (unpaired) electrons. The van der Waals surface area contributed by atoms with Gasteiger partial charge in [-0.3, -0.25) is 0 Å². The van der Waals surface area contributed by atoms with Crippen LogP contribution in [0.3, 0.4) is 0 Å². The Labute approximate surface area is 128 Å². The number of rotatable bonds is 6. The molecule has 1 aliphatic carbocycles. The molecule has 2 N–H and O–H groups in total. The van der Waals surface area contributed by atoms with E-state index in [2.05, 4.69) is 23.9 Å². The molecular weight excluding hydrogens is 284 g/mol. The third kappa shape index (κ3) is 4.05. The zero-order valence-electron chi connectivity index (χ0n) is 13.1. The fraction of sp³-hybridized carbons (Fsp3) is 0.625. The van der Waals surface area contributed by atoms with Crippen LogP contribution in [0.4, 0.5) is 0 Å². The van der Waals surface area contributed by atoms with Crippen LogP contribution in [0.1, 0.15) is 45.6 Å². The first-order valence-corrected chi connectivity index (χ1v) is 9.15. The van der Waals surface area contributed by atoms with E-state index in [9.17, 15) is 8.42 Å². The maximum absolute atomic E-state index is 12.5. The quantitative estimate of drug-likeness (QED) is 0.849. The van der Waals surface area contributed by atoms with Crippen LogP contribution in [0.15, 0.2) is 29.2 Å². The lowest BCUT2D eigenvalue weighted by atomic mass is 9.88. The van der Waals surface area contributed by atoms with Crippen molar-refractivity contribution in [2.24, 2.45) is 5.41 Å². The van der Waals surface area contributed by atoms with Crippen molar-refractivity contribution >= 4 is 10.0 Å². The highest BCUT2D eigenvalue weighted by molar-refractivity contribution is 7.89. The molecule has 118 valence electrons. The molecule has 5 heteroatoms. The van der Waals surface area contributed by atoms with E-state index in [1.807, 2.05) is 19.1 Å².